The van der Waals surface area contributed by atoms with Crippen LogP contribution in [0.4, 0.5) is 20.2 Å². The van der Waals surface area contributed by atoms with Gasteiger partial charge in [-0.3, -0.25) is 9.59 Å². The largest absolute Gasteiger partial charge is 0.321 e. The Kier molecular flexibility index (Phi) is 6.50. The van der Waals surface area contributed by atoms with Gasteiger partial charge in [-0.25, -0.2) is 8.78 Å². The van der Waals surface area contributed by atoms with E-state index in [1.54, 1.807) is 0 Å². The van der Waals surface area contributed by atoms with Gasteiger partial charge in [-0.15, -0.1) is 0 Å². The summed E-state index contributed by atoms with van der Waals surface area (Å²) < 4.78 is 27.0. The summed E-state index contributed by atoms with van der Waals surface area (Å²) in [6, 6.07) is 33.7. The molecule has 0 fully saturated rings. The van der Waals surface area contributed by atoms with Crippen molar-refractivity contribution in [1.82, 2.24) is 0 Å². The molecule has 0 aliphatic carbocycles. The number of hydrogen-bond donors (Lipinski definition) is 2. The van der Waals surface area contributed by atoms with Crippen LogP contribution in [0, 0.1) is 11.6 Å². The van der Waals surface area contributed by atoms with E-state index < -0.39 is 23.4 Å². The summed E-state index contributed by atoms with van der Waals surface area (Å²) in [6.07, 6.45) is 0. The number of rotatable bonds is 5. The summed E-state index contributed by atoms with van der Waals surface area (Å²) in [7, 11) is 0. The normalized spacial score (nSPS) is 10.9. The second-order valence-corrected chi connectivity index (χ2v) is 9.34. The lowest BCUT2D eigenvalue weighted by atomic mass is 9.90. The van der Waals surface area contributed by atoms with Gasteiger partial charge in [-0.2, -0.15) is 0 Å². The second-order valence-electron chi connectivity index (χ2n) is 9.34. The Balaban J connectivity index is 1.55. The lowest BCUT2D eigenvalue weighted by Gasteiger charge is -2.20. The van der Waals surface area contributed by atoms with E-state index in [1.165, 1.54) is 48.5 Å². The fourth-order valence-corrected chi connectivity index (χ4v) is 4.88. The van der Waals surface area contributed by atoms with Crippen LogP contribution in [0.15, 0.2) is 121 Å². The van der Waals surface area contributed by atoms with Gasteiger partial charge >= 0.3 is 0 Å². The van der Waals surface area contributed by atoms with Crippen molar-refractivity contribution in [3.8, 4) is 11.1 Å². The Bertz CT molecular complexity index is 1760. The van der Waals surface area contributed by atoms with E-state index >= 15 is 0 Å². The average Bonchev–Trinajstić information content (AvgIpc) is 2.98. The first kappa shape index (κ1) is 24.9. The number of fused-ring (bicyclic) bond motifs is 2. The molecule has 40 heavy (non-hydrogen) atoms. The predicted octanol–water partition coefficient (Wildman–Crippen LogP) is 8.44. The molecule has 6 aromatic carbocycles. The van der Waals surface area contributed by atoms with E-state index in [9.17, 15) is 18.4 Å². The van der Waals surface area contributed by atoms with Crippen molar-refractivity contribution in [3.63, 3.8) is 0 Å². The van der Waals surface area contributed by atoms with E-state index in [4.69, 9.17) is 0 Å². The number of hydrogen-bond acceptors (Lipinski definition) is 2. The predicted molar refractivity (Wildman–Crippen MR) is 156 cm³/mol. The molecule has 2 amide bonds. The van der Waals surface area contributed by atoms with Gasteiger partial charge in [0.2, 0.25) is 0 Å². The highest BCUT2D eigenvalue weighted by molar-refractivity contribution is 6.18. The maximum Gasteiger partial charge on any atom is 0.255 e. The van der Waals surface area contributed by atoms with Crippen LogP contribution in [-0.2, 0) is 0 Å². The Morgan fingerprint density at radius 1 is 0.450 bits per heavy atom. The van der Waals surface area contributed by atoms with Crippen LogP contribution in [0.3, 0.4) is 0 Å². The van der Waals surface area contributed by atoms with Crippen molar-refractivity contribution in [1.29, 1.82) is 0 Å². The van der Waals surface area contributed by atoms with Crippen molar-refractivity contribution >= 4 is 44.7 Å². The first-order valence-corrected chi connectivity index (χ1v) is 12.7. The van der Waals surface area contributed by atoms with Crippen molar-refractivity contribution in [2.75, 3.05) is 10.6 Å². The van der Waals surface area contributed by atoms with Crippen molar-refractivity contribution in [3.05, 3.63) is 144 Å². The zero-order valence-corrected chi connectivity index (χ0v) is 21.1. The van der Waals surface area contributed by atoms with Crippen LogP contribution in [0.1, 0.15) is 20.7 Å². The Morgan fingerprint density at radius 3 is 1.23 bits per heavy atom. The van der Waals surface area contributed by atoms with Gasteiger partial charge in [0.05, 0.1) is 0 Å². The van der Waals surface area contributed by atoms with Crippen LogP contribution in [-0.4, -0.2) is 11.8 Å². The number of nitrogens with one attached hydrogen (secondary N) is 2. The minimum Gasteiger partial charge on any atom is -0.321 e. The summed E-state index contributed by atoms with van der Waals surface area (Å²) in [4.78, 5) is 26.5. The number of amides is 2. The fraction of sp³-hybridized carbons (Fsp3) is 0. The van der Waals surface area contributed by atoms with E-state index in [0.717, 1.165) is 32.7 Å². The van der Waals surface area contributed by atoms with Crippen LogP contribution < -0.4 is 10.6 Å². The van der Waals surface area contributed by atoms with Crippen LogP contribution >= 0.6 is 0 Å². The van der Waals surface area contributed by atoms with Gasteiger partial charge in [-0.1, -0.05) is 60.7 Å². The summed E-state index contributed by atoms with van der Waals surface area (Å²) in [5.41, 5.74) is 3.12. The Hall–Kier alpha value is -5.36. The third-order valence-electron chi connectivity index (χ3n) is 6.82. The number of halogens is 2. The lowest BCUT2D eigenvalue weighted by molar-refractivity contribution is 0.101. The number of carbonyl (C=O) groups excluding carboxylic acids is 2. The standard InChI is InChI=1S/C34H22F2N2O2/c35-25-15-9-23(10-16-25)33(39)37-29-19-13-21-5-1-3-7-27(21)31(29)32-28-8-4-2-6-22(28)14-20-30(32)38-34(40)24-11-17-26(36)18-12-24/h1-20H,(H,37,39)(H,38,40). The summed E-state index contributed by atoms with van der Waals surface area (Å²) in [6.45, 7) is 0. The highest BCUT2D eigenvalue weighted by atomic mass is 19.1. The van der Waals surface area contributed by atoms with Gasteiger partial charge in [0, 0.05) is 33.6 Å². The summed E-state index contributed by atoms with van der Waals surface area (Å²) >= 11 is 0. The summed E-state index contributed by atoms with van der Waals surface area (Å²) in [5.74, 6) is -1.65. The third kappa shape index (κ3) is 4.78. The Labute approximate surface area is 228 Å². The monoisotopic (exact) mass is 528 g/mol. The molecule has 0 unspecified atom stereocenters. The lowest BCUT2D eigenvalue weighted by Crippen LogP contribution is -2.14. The molecule has 4 nitrogen and oxygen atoms in total. The van der Waals surface area contributed by atoms with Crippen LogP contribution in [0.2, 0.25) is 0 Å². The third-order valence-corrected chi connectivity index (χ3v) is 6.82. The SMILES string of the molecule is O=C(Nc1ccc2ccccc2c1-c1c(NC(=O)c2ccc(F)cc2)ccc2ccccc12)c1ccc(F)cc1. The van der Waals surface area contributed by atoms with E-state index in [2.05, 4.69) is 10.6 Å². The molecular weight excluding hydrogens is 506 g/mol. The summed E-state index contributed by atoms with van der Waals surface area (Å²) in [5, 5.41) is 9.64. The van der Waals surface area contributed by atoms with Gasteiger partial charge in [-0.05, 0) is 82.2 Å². The molecule has 0 bridgehead atoms. The maximum absolute atomic E-state index is 13.5. The number of benzene rings is 6. The van der Waals surface area contributed by atoms with Crippen LogP contribution in [0.25, 0.3) is 32.7 Å². The highest BCUT2D eigenvalue weighted by Crippen LogP contribution is 2.43. The maximum atomic E-state index is 13.5. The van der Waals surface area contributed by atoms with Gasteiger partial charge in [0.1, 0.15) is 11.6 Å². The molecule has 6 aromatic rings. The topological polar surface area (TPSA) is 58.2 Å². The van der Waals surface area contributed by atoms with Gasteiger partial charge < -0.3 is 10.6 Å². The molecular formula is C34H22F2N2O2. The fourth-order valence-electron chi connectivity index (χ4n) is 4.88. The minimum absolute atomic E-state index is 0.309. The molecule has 0 aromatic heterocycles. The molecule has 2 N–H and O–H groups in total. The quantitative estimate of drug-likeness (QED) is 0.236. The molecule has 0 aliphatic rings. The first-order chi connectivity index (χ1) is 19.5. The van der Waals surface area contributed by atoms with Crippen molar-refractivity contribution in [2.45, 2.75) is 0 Å². The van der Waals surface area contributed by atoms with Gasteiger partial charge in [0.15, 0.2) is 0 Å². The molecule has 0 saturated heterocycles. The van der Waals surface area contributed by atoms with E-state index in [-0.39, 0.29) is 0 Å². The molecule has 194 valence electrons. The van der Waals surface area contributed by atoms with Gasteiger partial charge in [0.25, 0.3) is 11.8 Å². The average molecular weight is 529 g/mol. The molecule has 0 heterocycles. The highest BCUT2D eigenvalue weighted by Gasteiger charge is 2.20. The van der Waals surface area contributed by atoms with Crippen molar-refractivity contribution < 1.29 is 18.4 Å². The zero-order chi connectivity index (χ0) is 27.6. The molecule has 0 atom stereocenters. The molecule has 0 aliphatic heterocycles. The smallest absolute Gasteiger partial charge is 0.255 e. The zero-order valence-electron chi connectivity index (χ0n) is 21.1. The number of carbonyl (C=O) groups is 2. The number of anilines is 2. The van der Waals surface area contributed by atoms with Crippen LogP contribution in [0.5, 0.6) is 0 Å². The van der Waals surface area contributed by atoms with E-state index in [1.807, 2.05) is 72.8 Å². The van der Waals surface area contributed by atoms with E-state index in [0.29, 0.717) is 22.5 Å². The molecule has 0 saturated carbocycles. The molecule has 0 spiro atoms. The molecule has 0 radical (unpaired) electrons. The molecule has 6 rings (SSSR count). The molecule has 6 heteroatoms. The minimum atomic E-state index is -0.430. The first-order valence-electron chi connectivity index (χ1n) is 12.7. The second kappa shape index (κ2) is 10.4. The Morgan fingerprint density at radius 2 is 0.825 bits per heavy atom. The van der Waals surface area contributed by atoms with Crippen molar-refractivity contribution in [2.24, 2.45) is 0 Å².